The first-order valence-electron chi connectivity index (χ1n) is 10.6. The van der Waals surface area contributed by atoms with Gasteiger partial charge >= 0.3 is 6.61 Å². The summed E-state index contributed by atoms with van der Waals surface area (Å²) < 4.78 is 61.2. The van der Waals surface area contributed by atoms with Crippen molar-refractivity contribution in [2.75, 3.05) is 19.4 Å². The Balaban J connectivity index is 1.93. The molecule has 11 heteroatoms. The minimum Gasteiger partial charge on any atom is -0.472 e. The Morgan fingerprint density at radius 3 is 2.50 bits per heavy atom. The number of nitrogen functional groups attached to an aromatic ring is 1. The zero-order valence-corrected chi connectivity index (χ0v) is 18.9. The minimum absolute atomic E-state index is 0.0900. The van der Waals surface area contributed by atoms with Crippen LogP contribution in [0.15, 0.2) is 70.6 Å². The second-order valence-electron chi connectivity index (χ2n) is 7.57. The lowest BCUT2D eigenvalue weighted by Crippen LogP contribution is -2.21. The van der Waals surface area contributed by atoms with Crippen LogP contribution in [0.2, 0.25) is 0 Å². The van der Waals surface area contributed by atoms with E-state index in [0.717, 1.165) is 0 Å². The highest BCUT2D eigenvalue weighted by molar-refractivity contribution is 5.93. The van der Waals surface area contributed by atoms with E-state index in [-0.39, 0.29) is 22.7 Å². The summed E-state index contributed by atoms with van der Waals surface area (Å²) in [6.07, 6.45) is 0.406. The van der Waals surface area contributed by atoms with Crippen LogP contribution < -0.4 is 20.8 Å². The smallest absolute Gasteiger partial charge is 0.387 e. The SMILES string of the molecule is CN=Cc1cc(-n2cc3ccc(OCC(F)F)nc3c(-c3ccc(OC(F)F)cc3)c2=O)ccc1N. The van der Waals surface area contributed by atoms with Gasteiger partial charge in [-0.05, 0) is 42.0 Å². The standard InChI is InChI=1S/C25H20F4N4O3/c1-31-11-16-10-17(5-8-19(16)30)33-12-15-4-9-21(35-13-20(26)27)32-23(15)22(24(33)34)14-2-6-18(7-3-14)36-25(28)29/h2-12,20,25H,13,30H2,1H3. The Morgan fingerprint density at radius 1 is 1.08 bits per heavy atom. The summed E-state index contributed by atoms with van der Waals surface area (Å²) in [6.45, 7) is -3.87. The molecule has 0 bridgehead atoms. The van der Waals surface area contributed by atoms with Gasteiger partial charge in [0, 0.05) is 47.8 Å². The Hall–Kier alpha value is -4.41. The van der Waals surface area contributed by atoms with E-state index >= 15 is 0 Å². The van der Waals surface area contributed by atoms with E-state index < -0.39 is 25.2 Å². The molecular formula is C25H20F4N4O3. The molecule has 2 aromatic carbocycles. The predicted octanol–water partition coefficient (Wildman–Crippen LogP) is 4.93. The van der Waals surface area contributed by atoms with E-state index in [2.05, 4.69) is 14.7 Å². The number of fused-ring (bicyclic) bond motifs is 1. The molecule has 0 fully saturated rings. The number of aliphatic imine (C=N–C) groups is 1. The Bertz CT molecular complexity index is 1470. The maximum Gasteiger partial charge on any atom is 0.387 e. The van der Waals surface area contributed by atoms with Gasteiger partial charge in [-0.15, -0.1) is 0 Å². The van der Waals surface area contributed by atoms with Crippen LogP contribution in [-0.2, 0) is 0 Å². The number of aromatic nitrogens is 2. The van der Waals surface area contributed by atoms with Crippen molar-refractivity contribution >= 4 is 22.8 Å². The molecule has 0 aliphatic carbocycles. The van der Waals surface area contributed by atoms with Crippen molar-refractivity contribution in [3.8, 4) is 28.4 Å². The zero-order valence-electron chi connectivity index (χ0n) is 18.9. The number of ether oxygens (including phenoxy) is 2. The lowest BCUT2D eigenvalue weighted by atomic mass is 10.0. The van der Waals surface area contributed by atoms with Gasteiger partial charge in [-0.25, -0.2) is 13.8 Å². The number of hydrogen-bond acceptors (Lipinski definition) is 6. The first kappa shape index (κ1) is 24.7. The van der Waals surface area contributed by atoms with Crippen LogP contribution in [0.4, 0.5) is 23.2 Å². The van der Waals surface area contributed by atoms with E-state index in [9.17, 15) is 22.4 Å². The number of benzene rings is 2. The molecule has 2 heterocycles. The molecule has 186 valence electrons. The molecule has 0 radical (unpaired) electrons. The van der Waals surface area contributed by atoms with Crippen LogP contribution in [0.3, 0.4) is 0 Å². The van der Waals surface area contributed by atoms with E-state index in [1.54, 1.807) is 43.7 Å². The number of rotatable bonds is 8. The van der Waals surface area contributed by atoms with Gasteiger partial charge in [-0.3, -0.25) is 14.4 Å². The van der Waals surface area contributed by atoms with Gasteiger partial charge in [0.25, 0.3) is 12.0 Å². The third-order valence-electron chi connectivity index (χ3n) is 5.18. The quantitative estimate of drug-likeness (QED) is 0.211. The third kappa shape index (κ3) is 5.29. The summed E-state index contributed by atoms with van der Waals surface area (Å²) in [4.78, 5) is 22.0. The van der Waals surface area contributed by atoms with Gasteiger partial charge in [-0.2, -0.15) is 8.78 Å². The van der Waals surface area contributed by atoms with Gasteiger partial charge in [0.05, 0.1) is 11.1 Å². The van der Waals surface area contributed by atoms with Crippen molar-refractivity contribution in [2.45, 2.75) is 13.0 Å². The average molecular weight is 500 g/mol. The number of halogens is 4. The molecule has 4 aromatic rings. The first-order valence-corrected chi connectivity index (χ1v) is 10.6. The Morgan fingerprint density at radius 2 is 1.83 bits per heavy atom. The number of alkyl halides is 4. The number of pyridine rings is 2. The number of nitrogens with zero attached hydrogens (tertiary/aromatic N) is 3. The van der Waals surface area contributed by atoms with Gasteiger partial charge < -0.3 is 15.2 Å². The monoisotopic (exact) mass is 500 g/mol. The van der Waals surface area contributed by atoms with Crippen molar-refractivity contribution in [1.29, 1.82) is 0 Å². The largest absolute Gasteiger partial charge is 0.472 e. The second-order valence-corrected chi connectivity index (χ2v) is 7.57. The van der Waals surface area contributed by atoms with Crippen LogP contribution in [0.5, 0.6) is 11.6 Å². The molecule has 0 spiro atoms. The Kier molecular flexibility index (Phi) is 7.18. The summed E-state index contributed by atoms with van der Waals surface area (Å²) in [6, 6.07) is 13.4. The van der Waals surface area contributed by atoms with E-state index in [1.807, 2.05) is 0 Å². The van der Waals surface area contributed by atoms with Gasteiger partial charge in [0.1, 0.15) is 5.75 Å². The van der Waals surface area contributed by atoms with Crippen molar-refractivity contribution in [1.82, 2.24) is 9.55 Å². The number of nitrogens with two attached hydrogens (primary N) is 1. The van der Waals surface area contributed by atoms with Crippen molar-refractivity contribution < 1.29 is 27.0 Å². The molecule has 36 heavy (non-hydrogen) atoms. The normalized spacial score (nSPS) is 11.6. The van der Waals surface area contributed by atoms with Crippen molar-refractivity contribution in [3.63, 3.8) is 0 Å². The summed E-state index contributed by atoms with van der Waals surface area (Å²) >= 11 is 0. The molecule has 0 atom stereocenters. The maximum absolute atomic E-state index is 13.7. The lowest BCUT2D eigenvalue weighted by molar-refractivity contribution is -0.0498. The van der Waals surface area contributed by atoms with E-state index in [4.69, 9.17) is 10.5 Å². The Labute approximate surface area is 202 Å². The average Bonchev–Trinajstić information content (AvgIpc) is 2.84. The van der Waals surface area contributed by atoms with Crippen LogP contribution in [0.1, 0.15) is 5.56 Å². The summed E-state index contributed by atoms with van der Waals surface area (Å²) in [5.41, 5.74) is 7.72. The topological polar surface area (TPSA) is 91.7 Å². The molecule has 0 aliphatic heterocycles. The molecule has 2 aromatic heterocycles. The number of anilines is 1. The van der Waals surface area contributed by atoms with Gasteiger partial charge in [0.2, 0.25) is 5.88 Å². The fourth-order valence-electron chi connectivity index (χ4n) is 3.62. The molecular weight excluding hydrogens is 480 g/mol. The van der Waals surface area contributed by atoms with Crippen molar-refractivity contribution in [3.05, 3.63) is 76.7 Å². The molecule has 2 N–H and O–H groups in total. The fourth-order valence-corrected chi connectivity index (χ4v) is 3.62. The highest BCUT2D eigenvalue weighted by Gasteiger charge is 2.17. The van der Waals surface area contributed by atoms with Crippen LogP contribution in [0.25, 0.3) is 27.7 Å². The summed E-state index contributed by atoms with van der Waals surface area (Å²) in [5.74, 6) is -0.182. The minimum atomic E-state index is -3.01. The van der Waals surface area contributed by atoms with Crippen molar-refractivity contribution in [2.24, 2.45) is 4.99 Å². The van der Waals surface area contributed by atoms with Gasteiger partial charge in [0.15, 0.2) is 6.61 Å². The number of hydrogen-bond donors (Lipinski definition) is 1. The van der Waals surface area contributed by atoms with Crippen LogP contribution in [-0.4, -0.2) is 42.5 Å². The van der Waals surface area contributed by atoms with E-state index in [1.165, 1.54) is 34.9 Å². The third-order valence-corrected chi connectivity index (χ3v) is 5.18. The van der Waals surface area contributed by atoms with Gasteiger partial charge in [-0.1, -0.05) is 12.1 Å². The molecule has 0 amide bonds. The molecule has 7 nitrogen and oxygen atoms in total. The molecule has 0 saturated heterocycles. The second kappa shape index (κ2) is 10.5. The highest BCUT2D eigenvalue weighted by atomic mass is 19.3. The lowest BCUT2D eigenvalue weighted by Gasteiger charge is -2.14. The maximum atomic E-state index is 13.7. The highest BCUT2D eigenvalue weighted by Crippen LogP contribution is 2.29. The molecule has 0 aliphatic rings. The predicted molar refractivity (Wildman–Crippen MR) is 129 cm³/mol. The first-order chi connectivity index (χ1) is 17.3. The fraction of sp³-hybridized carbons (Fsp3) is 0.160. The van der Waals surface area contributed by atoms with E-state index in [0.29, 0.717) is 27.9 Å². The molecule has 0 unspecified atom stereocenters. The molecule has 0 saturated carbocycles. The summed E-state index contributed by atoms with van der Waals surface area (Å²) in [7, 11) is 1.59. The van der Waals surface area contributed by atoms with Crippen LogP contribution >= 0.6 is 0 Å². The zero-order chi connectivity index (χ0) is 25.8. The van der Waals surface area contributed by atoms with Crippen LogP contribution in [0, 0.1) is 0 Å². The summed E-state index contributed by atoms with van der Waals surface area (Å²) in [5, 5.41) is 0.504. The molecule has 4 rings (SSSR count).